The quantitative estimate of drug-likeness (QED) is 0.685. The Morgan fingerprint density at radius 2 is 1.92 bits per heavy atom. The number of rotatable bonds is 4. The fourth-order valence-corrected chi connectivity index (χ4v) is 2.11. The molecule has 0 aromatic carbocycles. The summed E-state index contributed by atoms with van der Waals surface area (Å²) in [5.74, 6) is 0. The SMILES string of the molecule is CCC(C)N(C)S(=O)(=O)C(C)C#N. The molecule has 76 valence electrons. The number of sulfonamides is 1. The first-order valence-corrected chi connectivity index (χ1v) is 5.74. The zero-order valence-electron chi connectivity index (χ0n) is 8.48. The van der Waals surface area contributed by atoms with Crippen molar-refractivity contribution in [3.8, 4) is 6.07 Å². The average Bonchev–Trinajstić information content (AvgIpc) is 2.13. The van der Waals surface area contributed by atoms with Gasteiger partial charge in [-0.25, -0.2) is 12.7 Å². The first-order chi connectivity index (χ1) is 5.87. The van der Waals surface area contributed by atoms with Crippen LogP contribution in [0.25, 0.3) is 0 Å². The summed E-state index contributed by atoms with van der Waals surface area (Å²) >= 11 is 0. The van der Waals surface area contributed by atoms with Crippen LogP contribution >= 0.6 is 0 Å². The highest BCUT2D eigenvalue weighted by Crippen LogP contribution is 2.11. The van der Waals surface area contributed by atoms with Crippen LogP contribution in [0.5, 0.6) is 0 Å². The molecule has 0 amide bonds. The lowest BCUT2D eigenvalue weighted by atomic mass is 10.3. The van der Waals surface area contributed by atoms with E-state index in [4.69, 9.17) is 5.26 Å². The molecule has 5 heteroatoms. The summed E-state index contributed by atoms with van der Waals surface area (Å²) in [6.07, 6.45) is 0.744. The molecule has 2 unspecified atom stereocenters. The third-order valence-corrected chi connectivity index (χ3v) is 4.40. The fourth-order valence-electron chi connectivity index (χ4n) is 0.824. The maximum absolute atomic E-state index is 11.6. The van der Waals surface area contributed by atoms with Crippen molar-refractivity contribution in [2.75, 3.05) is 7.05 Å². The van der Waals surface area contributed by atoms with Crippen LogP contribution in [0.1, 0.15) is 27.2 Å². The molecule has 0 spiro atoms. The Morgan fingerprint density at radius 3 is 2.23 bits per heavy atom. The third kappa shape index (κ3) is 2.68. The van der Waals surface area contributed by atoms with Crippen LogP contribution in [0.3, 0.4) is 0 Å². The molecule has 0 fully saturated rings. The van der Waals surface area contributed by atoms with Gasteiger partial charge in [-0.1, -0.05) is 6.92 Å². The van der Waals surface area contributed by atoms with Crippen LogP contribution in [0, 0.1) is 11.3 Å². The average molecular weight is 204 g/mol. The van der Waals surface area contributed by atoms with Crippen LogP contribution in [-0.4, -0.2) is 31.1 Å². The van der Waals surface area contributed by atoms with E-state index >= 15 is 0 Å². The van der Waals surface area contributed by atoms with Crippen LogP contribution in [0.4, 0.5) is 0 Å². The van der Waals surface area contributed by atoms with E-state index < -0.39 is 15.3 Å². The lowest BCUT2D eigenvalue weighted by molar-refractivity contribution is 0.378. The van der Waals surface area contributed by atoms with Gasteiger partial charge in [0.2, 0.25) is 10.0 Å². The van der Waals surface area contributed by atoms with Crippen LogP contribution in [0.15, 0.2) is 0 Å². The van der Waals surface area contributed by atoms with Crippen LogP contribution in [-0.2, 0) is 10.0 Å². The Labute approximate surface area is 80.2 Å². The largest absolute Gasteiger partial charge is 0.230 e. The molecule has 0 heterocycles. The van der Waals surface area contributed by atoms with Crippen molar-refractivity contribution in [2.45, 2.75) is 38.5 Å². The molecule has 0 aliphatic heterocycles. The van der Waals surface area contributed by atoms with Gasteiger partial charge in [0.25, 0.3) is 0 Å². The molecule has 0 aliphatic rings. The van der Waals surface area contributed by atoms with Gasteiger partial charge in [0.15, 0.2) is 5.25 Å². The molecule has 0 rings (SSSR count). The van der Waals surface area contributed by atoms with Gasteiger partial charge < -0.3 is 0 Å². The van der Waals surface area contributed by atoms with E-state index in [0.717, 1.165) is 6.42 Å². The molecule has 0 aromatic rings. The minimum Gasteiger partial charge on any atom is -0.211 e. The number of nitriles is 1. The second kappa shape index (κ2) is 4.58. The molecular formula is C8H16N2O2S. The second-order valence-electron chi connectivity index (χ2n) is 3.09. The van der Waals surface area contributed by atoms with Crippen LogP contribution in [0.2, 0.25) is 0 Å². The molecule has 0 aromatic heterocycles. The van der Waals surface area contributed by atoms with Gasteiger partial charge in [0.1, 0.15) is 0 Å². The van der Waals surface area contributed by atoms with E-state index in [2.05, 4.69) is 0 Å². The Bertz CT molecular complexity index is 292. The molecule has 0 saturated heterocycles. The first-order valence-electron chi connectivity index (χ1n) is 4.24. The molecule has 4 nitrogen and oxygen atoms in total. The maximum atomic E-state index is 11.6. The third-order valence-electron chi connectivity index (χ3n) is 2.24. The minimum atomic E-state index is -3.43. The van der Waals surface area contributed by atoms with Crippen molar-refractivity contribution < 1.29 is 8.42 Å². The molecule has 0 N–H and O–H groups in total. The molecule has 13 heavy (non-hydrogen) atoms. The summed E-state index contributed by atoms with van der Waals surface area (Å²) < 4.78 is 24.4. The fraction of sp³-hybridized carbons (Fsp3) is 0.875. The first kappa shape index (κ1) is 12.4. The predicted octanol–water partition coefficient (Wildman–Crippen LogP) is 0.959. The zero-order chi connectivity index (χ0) is 10.6. The molecular weight excluding hydrogens is 188 g/mol. The molecule has 0 radical (unpaired) electrons. The highest BCUT2D eigenvalue weighted by Gasteiger charge is 2.28. The van der Waals surface area contributed by atoms with Gasteiger partial charge >= 0.3 is 0 Å². The van der Waals surface area contributed by atoms with E-state index in [1.165, 1.54) is 18.3 Å². The van der Waals surface area contributed by atoms with Crippen LogP contribution < -0.4 is 0 Å². The number of hydrogen-bond donors (Lipinski definition) is 0. The predicted molar refractivity (Wildman–Crippen MR) is 51.5 cm³/mol. The second-order valence-corrected chi connectivity index (χ2v) is 5.40. The van der Waals surface area contributed by atoms with Gasteiger partial charge in [0.05, 0.1) is 6.07 Å². The highest BCUT2D eigenvalue weighted by molar-refractivity contribution is 7.89. The molecule has 2 atom stereocenters. The lowest BCUT2D eigenvalue weighted by Crippen LogP contribution is -2.39. The standard InChI is InChI=1S/C8H16N2O2S/c1-5-7(2)10(4)13(11,12)8(3)6-9/h7-8H,5H2,1-4H3. The van der Waals surface area contributed by atoms with Crippen molar-refractivity contribution in [3.05, 3.63) is 0 Å². The van der Waals surface area contributed by atoms with Gasteiger partial charge in [-0.15, -0.1) is 0 Å². The Hall–Kier alpha value is -0.600. The lowest BCUT2D eigenvalue weighted by Gasteiger charge is -2.23. The zero-order valence-corrected chi connectivity index (χ0v) is 9.30. The summed E-state index contributed by atoms with van der Waals surface area (Å²) in [5.41, 5.74) is 0. The smallest absolute Gasteiger partial charge is 0.211 e. The van der Waals surface area contributed by atoms with E-state index in [9.17, 15) is 8.42 Å². The molecule has 0 bridgehead atoms. The molecule has 0 aliphatic carbocycles. The van der Waals surface area contributed by atoms with Crippen molar-refractivity contribution >= 4 is 10.0 Å². The topological polar surface area (TPSA) is 61.2 Å². The van der Waals surface area contributed by atoms with Crippen molar-refractivity contribution in [2.24, 2.45) is 0 Å². The van der Waals surface area contributed by atoms with E-state index in [1.54, 1.807) is 6.07 Å². The minimum absolute atomic E-state index is 0.0548. The number of nitrogens with zero attached hydrogens (tertiary/aromatic N) is 2. The monoisotopic (exact) mass is 204 g/mol. The Kier molecular flexibility index (Phi) is 4.37. The van der Waals surface area contributed by atoms with Gasteiger partial charge in [-0.2, -0.15) is 5.26 Å². The van der Waals surface area contributed by atoms with Gasteiger partial charge in [-0.3, -0.25) is 0 Å². The summed E-state index contributed by atoms with van der Waals surface area (Å²) in [6, 6.07) is 1.68. The number of hydrogen-bond acceptors (Lipinski definition) is 3. The van der Waals surface area contributed by atoms with Crippen molar-refractivity contribution in [3.63, 3.8) is 0 Å². The van der Waals surface area contributed by atoms with Crippen molar-refractivity contribution in [1.29, 1.82) is 5.26 Å². The maximum Gasteiger partial charge on any atom is 0.230 e. The van der Waals surface area contributed by atoms with E-state index in [-0.39, 0.29) is 6.04 Å². The summed E-state index contributed by atoms with van der Waals surface area (Å²) in [6.45, 7) is 5.13. The Morgan fingerprint density at radius 1 is 1.46 bits per heavy atom. The van der Waals surface area contributed by atoms with E-state index in [1.807, 2.05) is 13.8 Å². The summed E-state index contributed by atoms with van der Waals surface area (Å²) in [7, 11) is -1.92. The summed E-state index contributed by atoms with van der Waals surface area (Å²) in [5, 5.41) is 7.55. The molecule has 0 saturated carbocycles. The van der Waals surface area contributed by atoms with Crippen molar-refractivity contribution in [1.82, 2.24) is 4.31 Å². The highest BCUT2D eigenvalue weighted by atomic mass is 32.2. The normalized spacial score (nSPS) is 16.6. The Balaban J connectivity index is 4.77. The van der Waals surface area contributed by atoms with E-state index in [0.29, 0.717) is 0 Å². The van der Waals surface area contributed by atoms with Gasteiger partial charge in [-0.05, 0) is 20.3 Å². The van der Waals surface area contributed by atoms with Gasteiger partial charge in [0, 0.05) is 13.1 Å². The summed E-state index contributed by atoms with van der Waals surface area (Å²) in [4.78, 5) is 0.